The topological polar surface area (TPSA) is 23.5 Å². The van der Waals surface area contributed by atoms with Gasteiger partial charge in [0, 0.05) is 35.8 Å². The predicted molar refractivity (Wildman–Crippen MR) is 132 cm³/mol. The third-order valence-electron chi connectivity index (χ3n) is 8.36. The number of rotatable bonds is 3. The SMILES string of the molecule is OC1(c2scc3ccccc23)CCN(CC23CC(c4ccccc42)c2ccccc23)CC1. The van der Waals surface area contributed by atoms with Crippen molar-refractivity contribution in [3.05, 3.63) is 105 Å². The van der Waals surface area contributed by atoms with Crippen LogP contribution in [0.15, 0.2) is 78.2 Å². The third kappa shape index (κ3) is 2.53. The number of hydrogen-bond donors (Lipinski definition) is 1. The summed E-state index contributed by atoms with van der Waals surface area (Å²) >= 11 is 1.73. The molecule has 1 aromatic heterocycles. The van der Waals surface area contributed by atoms with Gasteiger partial charge in [0.2, 0.25) is 0 Å². The van der Waals surface area contributed by atoms with Crippen LogP contribution in [0.25, 0.3) is 10.8 Å². The van der Waals surface area contributed by atoms with Gasteiger partial charge in [0.1, 0.15) is 5.60 Å². The van der Waals surface area contributed by atoms with Crippen molar-refractivity contribution < 1.29 is 5.11 Å². The molecule has 0 atom stereocenters. The Balaban J connectivity index is 1.19. The van der Waals surface area contributed by atoms with Crippen molar-refractivity contribution >= 4 is 22.1 Å². The fraction of sp³-hybridized carbons (Fsp3) is 0.310. The van der Waals surface area contributed by atoms with Gasteiger partial charge in [-0.25, -0.2) is 0 Å². The summed E-state index contributed by atoms with van der Waals surface area (Å²) in [4.78, 5) is 3.77. The van der Waals surface area contributed by atoms with Crippen LogP contribution in [0.5, 0.6) is 0 Å². The fourth-order valence-electron chi connectivity index (χ4n) is 6.85. The first-order valence-corrected chi connectivity index (χ1v) is 12.7. The lowest BCUT2D eigenvalue weighted by atomic mass is 9.74. The van der Waals surface area contributed by atoms with E-state index in [0.29, 0.717) is 5.92 Å². The summed E-state index contributed by atoms with van der Waals surface area (Å²) < 4.78 is 0. The average molecular weight is 438 g/mol. The van der Waals surface area contributed by atoms with Gasteiger partial charge in [0.15, 0.2) is 0 Å². The van der Waals surface area contributed by atoms with E-state index in [-0.39, 0.29) is 5.41 Å². The number of likely N-dealkylation sites (tertiary alicyclic amines) is 1. The summed E-state index contributed by atoms with van der Waals surface area (Å²) in [7, 11) is 0. The second-order valence-corrected chi connectivity index (χ2v) is 10.9. The standard InChI is InChI=1S/C29H27NOS/c31-29(27-21-8-2-1-7-20(21)18-32-27)13-15-30(16-14-29)19-28-17-24(22-9-3-5-11-25(22)28)23-10-4-6-12-26(23)28/h1-12,18,24,31H,13-17,19H2. The van der Waals surface area contributed by atoms with Crippen LogP contribution in [0.4, 0.5) is 0 Å². The molecule has 1 N–H and O–H groups in total. The zero-order valence-corrected chi connectivity index (χ0v) is 18.9. The molecule has 2 aliphatic carbocycles. The Bertz CT molecular complexity index is 1280. The average Bonchev–Trinajstić information content (AvgIpc) is 3.51. The molecule has 1 aliphatic heterocycles. The van der Waals surface area contributed by atoms with E-state index >= 15 is 0 Å². The molecule has 32 heavy (non-hydrogen) atoms. The van der Waals surface area contributed by atoms with Gasteiger partial charge in [-0.2, -0.15) is 0 Å². The highest BCUT2D eigenvalue weighted by Crippen LogP contribution is 2.60. The molecule has 2 nitrogen and oxygen atoms in total. The molecule has 0 saturated carbocycles. The molecule has 0 spiro atoms. The maximum Gasteiger partial charge on any atom is 0.102 e. The number of piperidine rings is 1. The molecule has 3 aliphatic rings. The molecule has 160 valence electrons. The Hall–Kier alpha value is -2.46. The number of nitrogens with zero attached hydrogens (tertiary/aromatic N) is 1. The molecule has 0 amide bonds. The Morgan fingerprint density at radius 3 is 2.19 bits per heavy atom. The van der Waals surface area contributed by atoms with E-state index in [1.54, 1.807) is 11.3 Å². The van der Waals surface area contributed by atoms with Crippen molar-refractivity contribution in [2.75, 3.05) is 19.6 Å². The highest BCUT2D eigenvalue weighted by molar-refractivity contribution is 7.11. The zero-order valence-electron chi connectivity index (χ0n) is 18.1. The predicted octanol–water partition coefficient (Wildman–Crippen LogP) is 6.02. The van der Waals surface area contributed by atoms with Crippen molar-refractivity contribution in [3.63, 3.8) is 0 Å². The van der Waals surface area contributed by atoms with Crippen LogP contribution >= 0.6 is 11.3 Å². The monoisotopic (exact) mass is 437 g/mol. The van der Waals surface area contributed by atoms with Crippen molar-refractivity contribution in [2.24, 2.45) is 0 Å². The second kappa shape index (κ2) is 6.77. The van der Waals surface area contributed by atoms with Gasteiger partial charge >= 0.3 is 0 Å². The number of benzene rings is 3. The van der Waals surface area contributed by atoms with E-state index < -0.39 is 5.60 Å². The largest absolute Gasteiger partial charge is 0.384 e. The van der Waals surface area contributed by atoms with Crippen LogP contribution in [0, 0.1) is 0 Å². The molecule has 1 saturated heterocycles. The van der Waals surface area contributed by atoms with Crippen molar-refractivity contribution in [1.82, 2.24) is 4.90 Å². The maximum absolute atomic E-state index is 11.6. The van der Waals surface area contributed by atoms with E-state index in [4.69, 9.17) is 0 Å². The molecule has 0 radical (unpaired) electrons. The van der Waals surface area contributed by atoms with Gasteiger partial charge in [-0.1, -0.05) is 72.8 Å². The number of hydrogen-bond acceptors (Lipinski definition) is 3. The lowest BCUT2D eigenvalue weighted by Gasteiger charge is -2.42. The van der Waals surface area contributed by atoms with Crippen LogP contribution in [0.1, 0.15) is 52.3 Å². The summed E-state index contributed by atoms with van der Waals surface area (Å²) in [5, 5.41) is 16.3. The van der Waals surface area contributed by atoms with Gasteiger partial charge in [0.25, 0.3) is 0 Å². The molecular formula is C29H27NOS. The first-order chi connectivity index (χ1) is 15.7. The highest BCUT2D eigenvalue weighted by Gasteiger charge is 2.53. The molecule has 2 bridgehead atoms. The molecule has 2 heterocycles. The minimum atomic E-state index is -0.703. The zero-order chi connectivity index (χ0) is 21.3. The Morgan fingerprint density at radius 2 is 1.47 bits per heavy atom. The first kappa shape index (κ1) is 19.0. The van der Waals surface area contributed by atoms with Crippen molar-refractivity contribution in [2.45, 2.75) is 36.2 Å². The minimum absolute atomic E-state index is 0.100. The molecule has 4 aromatic rings. The summed E-state index contributed by atoms with van der Waals surface area (Å²) in [6.45, 7) is 2.94. The van der Waals surface area contributed by atoms with E-state index in [1.807, 2.05) is 0 Å². The fourth-order valence-corrected chi connectivity index (χ4v) is 8.04. The summed E-state index contributed by atoms with van der Waals surface area (Å²) in [5.74, 6) is 0.543. The molecular weight excluding hydrogens is 410 g/mol. The molecule has 3 heteroatoms. The summed E-state index contributed by atoms with van der Waals surface area (Å²) in [6, 6.07) is 26.7. The quantitative estimate of drug-likeness (QED) is 0.424. The molecule has 7 rings (SSSR count). The normalized spacial score (nSPS) is 25.7. The van der Waals surface area contributed by atoms with Crippen LogP contribution < -0.4 is 0 Å². The lowest BCUT2D eigenvalue weighted by Crippen LogP contribution is -2.47. The van der Waals surface area contributed by atoms with E-state index in [0.717, 1.165) is 37.4 Å². The van der Waals surface area contributed by atoms with Gasteiger partial charge in [-0.05, 0) is 57.7 Å². The van der Waals surface area contributed by atoms with Gasteiger partial charge in [-0.15, -0.1) is 11.3 Å². The molecule has 1 fully saturated rings. The number of thiophene rings is 1. The Kier molecular flexibility index (Phi) is 4.03. The van der Waals surface area contributed by atoms with Crippen molar-refractivity contribution in [1.29, 1.82) is 0 Å². The van der Waals surface area contributed by atoms with Gasteiger partial charge < -0.3 is 10.0 Å². The van der Waals surface area contributed by atoms with Crippen molar-refractivity contribution in [3.8, 4) is 0 Å². The molecule has 0 unspecified atom stereocenters. The lowest BCUT2D eigenvalue weighted by molar-refractivity contribution is -0.0250. The third-order valence-corrected chi connectivity index (χ3v) is 9.57. The maximum atomic E-state index is 11.6. The van der Waals surface area contributed by atoms with E-state index in [2.05, 4.69) is 83.1 Å². The van der Waals surface area contributed by atoms with Crippen LogP contribution in [0.2, 0.25) is 0 Å². The van der Waals surface area contributed by atoms with E-state index in [9.17, 15) is 5.11 Å². The minimum Gasteiger partial charge on any atom is -0.384 e. The number of aliphatic hydroxyl groups is 1. The first-order valence-electron chi connectivity index (χ1n) is 11.8. The van der Waals surface area contributed by atoms with E-state index in [1.165, 1.54) is 39.4 Å². The second-order valence-electron chi connectivity index (χ2n) is 9.97. The summed E-state index contributed by atoms with van der Waals surface area (Å²) in [5.41, 5.74) is 5.53. The van der Waals surface area contributed by atoms with Crippen LogP contribution in [0.3, 0.4) is 0 Å². The smallest absolute Gasteiger partial charge is 0.102 e. The Morgan fingerprint density at radius 1 is 0.844 bits per heavy atom. The summed E-state index contributed by atoms with van der Waals surface area (Å²) in [6.07, 6.45) is 2.81. The molecule has 3 aromatic carbocycles. The number of fused-ring (bicyclic) bond motifs is 9. The highest BCUT2D eigenvalue weighted by atomic mass is 32.1. The van der Waals surface area contributed by atoms with Gasteiger partial charge in [-0.3, -0.25) is 0 Å². The van der Waals surface area contributed by atoms with Gasteiger partial charge in [0.05, 0.1) is 0 Å². The van der Waals surface area contributed by atoms with Crippen LogP contribution in [-0.2, 0) is 11.0 Å². The van der Waals surface area contributed by atoms with Crippen LogP contribution in [-0.4, -0.2) is 29.6 Å². The Labute approximate surface area is 193 Å².